The van der Waals surface area contributed by atoms with Gasteiger partial charge in [-0.3, -0.25) is 15.1 Å². The summed E-state index contributed by atoms with van der Waals surface area (Å²) in [6.45, 7) is 0.663. The summed E-state index contributed by atoms with van der Waals surface area (Å²) < 4.78 is 63.5. The number of hydrogen-bond donors (Lipinski definition) is 2. The summed E-state index contributed by atoms with van der Waals surface area (Å²) in [6, 6.07) is 6.68. The minimum Gasteiger partial charge on any atom is -0.332 e. The number of benzene rings is 1. The first-order chi connectivity index (χ1) is 13.1. The SMILES string of the molecule is Cc1ccccc1C(C(=O)NC(=O)NCC(F)F)c1cc(C(F)(F)F)ccn1. The van der Waals surface area contributed by atoms with Crippen LogP contribution in [-0.2, 0) is 11.0 Å². The zero-order chi connectivity index (χ0) is 20.9. The van der Waals surface area contributed by atoms with E-state index in [1.807, 2.05) is 5.32 Å². The van der Waals surface area contributed by atoms with Crippen molar-refractivity contribution in [2.45, 2.75) is 25.4 Å². The van der Waals surface area contributed by atoms with Crippen LogP contribution in [0.5, 0.6) is 0 Å². The Morgan fingerprint density at radius 2 is 1.82 bits per heavy atom. The summed E-state index contributed by atoms with van der Waals surface area (Å²) in [5, 5.41) is 3.67. The fourth-order valence-corrected chi connectivity index (χ4v) is 2.53. The van der Waals surface area contributed by atoms with E-state index < -0.39 is 42.6 Å². The number of alkyl halides is 5. The van der Waals surface area contributed by atoms with Crippen LogP contribution < -0.4 is 10.6 Å². The highest BCUT2D eigenvalue weighted by Crippen LogP contribution is 2.32. The summed E-state index contributed by atoms with van der Waals surface area (Å²) in [5.74, 6) is -2.34. The molecule has 0 aliphatic heterocycles. The van der Waals surface area contributed by atoms with Gasteiger partial charge in [0.2, 0.25) is 5.91 Å². The van der Waals surface area contributed by atoms with Crippen LogP contribution in [0.3, 0.4) is 0 Å². The number of pyridine rings is 1. The predicted octanol–water partition coefficient (Wildman–Crippen LogP) is 3.63. The third-order valence-electron chi connectivity index (χ3n) is 3.82. The van der Waals surface area contributed by atoms with Gasteiger partial charge in [0.25, 0.3) is 6.43 Å². The molecule has 1 heterocycles. The maximum atomic E-state index is 13.0. The van der Waals surface area contributed by atoms with Gasteiger partial charge in [0, 0.05) is 6.20 Å². The maximum absolute atomic E-state index is 13.0. The Kier molecular flexibility index (Phi) is 6.66. The van der Waals surface area contributed by atoms with Crippen LogP contribution in [0.2, 0.25) is 0 Å². The third kappa shape index (κ3) is 5.48. The molecule has 10 heteroatoms. The van der Waals surface area contributed by atoms with Crippen LogP contribution in [0.1, 0.15) is 28.3 Å². The van der Waals surface area contributed by atoms with Crippen molar-refractivity contribution >= 4 is 11.9 Å². The van der Waals surface area contributed by atoms with Gasteiger partial charge in [0.15, 0.2) is 0 Å². The molecule has 1 aromatic heterocycles. The van der Waals surface area contributed by atoms with E-state index >= 15 is 0 Å². The molecule has 1 atom stereocenters. The van der Waals surface area contributed by atoms with Gasteiger partial charge in [-0.15, -0.1) is 0 Å². The van der Waals surface area contributed by atoms with E-state index in [2.05, 4.69) is 4.98 Å². The zero-order valence-electron chi connectivity index (χ0n) is 14.6. The second-order valence-corrected chi connectivity index (χ2v) is 5.85. The van der Waals surface area contributed by atoms with E-state index in [9.17, 15) is 31.5 Å². The van der Waals surface area contributed by atoms with Crippen molar-refractivity contribution in [2.75, 3.05) is 6.54 Å². The lowest BCUT2D eigenvalue weighted by Crippen LogP contribution is -2.43. The largest absolute Gasteiger partial charge is 0.416 e. The highest BCUT2D eigenvalue weighted by atomic mass is 19.4. The lowest BCUT2D eigenvalue weighted by atomic mass is 9.90. The smallest absolute Gasteiger partial charge is 0.332 e. The Labute approximate surface area is 157 Å². The number of carbonyl (C=O) groups excluding carboxylic acids is 2. The highest BCUT2D eigenvalue weighted by molar-refractivity contribution is 5.99. The molecule has 0 saturated carbocycles. The fraction of sp³-hybridized carbons (Fsp3) is 0.278. The molecule has 150 valence electrons. The second-order valence-electron chi connectivity index (χ2n) is 5.85. The van der Waals surface area contributed by atoms with E-state index in [1.165, 1.54) is 6.07 Å². The lowest BCUT2D eigenvalue weighted by Gasteiger charge is -2.19. The van der Waals surface area contributed by atoms with Gasteiger partial charge in [-0.1, -0.05) is 24.3 Å². The van der Waals surface area contributed by atoms with E-state index in [0.29, 0.717) is 17.2 Å². The summed E-state index contributed by atoms with van der Waals surface area (Å²) in [4.78, 5) is 28.2. The van der Waals surface area contributed by atoms with Crippen molar-refractivity contribution in [1.29, 1.82) is 0 Å². The molecule has 0 fully saturated rings. The van der Waals surface area contributed by atoms with E-state index in [0.717, 1.165) is 12.3 Å². The molecule has 0 bridgehead atoms. The van der Waals surface area contributed by atoms with Crippen molar-refractivity contribution in [2.24, 2.45) is 0 Å². The molecule has 1 aromatic carbocycles. The minimum absolute atomic E-state index is 0.233. The zero-order valence-corrected chi connectivity index (χ0v) is 14.6. The average molecular weight is 401 g/mol. The van der Waals surface area contributed by atoms with E-state index in [-0.39, 0.29) is 5.69 Å². The first-order valence-electron chi connectivity index (χ1n) is 8.05. The molecule has 5 nitrogen and oxygen atoms in total. The van der Waals surface area contributed by atoms with Crippen LogP contribution in [0.25, 0.3) is 0 Å². The number of imide groups is 1. The number of urea groups is 1. The van der Waals surface area contributed by atoms with Crippen LogP contribution in [0.15, 0.2) is 42.6 Å². The molecule has 1 unspecified atom stereocenters. The molecule has 0 saturated heterocycles. The summed E-state index contributed by atoms with van der Waals surface area (Å²) >= 11 is 0. The molecular formula is C18H16F5N3O2. The van der Waals surface area contributed by atoms with Gasteiger partial charge in [-0.25, -0.2) is 13.6 Å². The van der Waals surface area contributed by atoms with Gasteiger partial charge >= 0.3 is 12.2 Å². The molecule has 0 spiro atoms. The molecule has 3 amide bonds. The molecule has 0 radical (unpaired) electrons. The number of amides is 3. The number of aryl methyl sites for hydroxylation is 1. The number of nitrogens with zero attached hydrogens (tertiary/aromatic N) is 1. The predicted molar refractivity (Wildman–Crippen MR) is 89.8 cm³/mol. The van der Waals surface area contributed by atoms with Gasteiger partial charge in [-0.05, 0) is 30.2 Å². The fourth-order valence-electron chi connectivity index (χ4n) is 2.53. The molecule has 0 aliphatic carbocycles. The number of rotatable bonds is 5. The third-order valence-corrected chi connectivity index (χ3v) is 3.82. The first kappa shape index (κ1) is 21.3. The normalized spacial score (nSPS) is 12.5. The number of nitrogens with one attached hydrogen (secondary N) is 2. The van der Waals surface area contributed by atoms with Gasteiger partial charge in [0.05, 0.1) is 17.8 Å². The second kappa shape index (κ2) is 8.77. The Morgan fingerprint density at radius 3 is 2.43 bits per heavy atom. The number of carbonyl (C=O) groups is 2. The summed E-state index contributed by atoms with van der Waals surface area (Å²) in [7, 11) is 0. The number of hydrogen-bond acceptors (Lipinski definition) is 3. The average Bonchev–Trinajstić information content (AvgIpc) is 2.61. The van der Waals surface area contributed by atoms with Crippen molar-refractivity contribution in [3.63, 3.8) is 0 Å². The Balaban J connectivity index is 2.40. The number of halogens is 5. The first-order valence-corrected chi connectivity index (χ1v) is 8.05. The topological polar surface area (TPSA) is 71.1 Å². The Morgan fingerprint density at radius 1 is 1.14 bits per heavy atom. The molecule has 2 rings (SSSR count). The minimum atomic E-state index is -4.65. The van der Waals surface area contributed by atoms with Crippen LogP contribution in [-0.4, -0.2) is 29.9 Å². The Bertz CT molecular complexity index is 855. The molecule has 0 aliphatic rings. The van der Waals surface area contributed by atoms with Crippen LogP contribution in [0.4, 0.5) is 26.7 Å². The molecular weight excluding hydrogens is 385 g/mol. The number of aromatic nitrogens is 1. The van der Waals surface area contributed by atoms with Gasteiger partial charge in [0.1, 0.15) is 5.92 Å². The van der Waals surface area contributed by atoms with Crippen molar-refractivity contribution in [1.82, 2.24) is 15.6 Å². The van der Waals surface area contributed by atoms with Crippen LogP contribution >= 0.6 is 0 Å². The highest BCUT2D eigenvalue weighted by Gasteiger charge is 2.33. The summed E-state index contributed by atoms with van der Waals surface area (Å²) in [5.41, 5.74) is -0.336. The summed E-state index contributed by atoms with van der Waals surface area (Å²) in [6.07, 6.45) is -6.56. The Hall–Kier alpha value is -3.04. The maximum Gasteiger partial charge on any atom is 0.416 e. The molecule has 2 aromatic rings. The van der Waals surface area contributed by atoms with Crippen molar-refractivity contribution < 1.29 is 31.5 Å². The molecule has 28 heavy (non-hydrogen) atoms. The van der Waals surface area contributed by atoms with Crippen molar-refractivity contribution in [3.8, 4) is 0 Å². The van der Waals surface area contributed by atoms with E-state index in [1.54, 1.807) is 30.4 Å². The van der Waals surface area contributed by atoms with Crippen molar-refractivity contribution in [3.05, 3.63) is 65.0 Å². The quantitative estimate of drug-likeness (QED) is 0.752. The van der Waals surface area contributed by atoms with Gasteiger partial charge < -0.3 is 5.32 Å². The van der Waals surface area contributed by atoms with Crippen LogP contribution in [0, 0.1) is 6.92 Å². The monoisotopic (exact) mass is 401 g/mol. The molecule has 2 N–H and O–H groups in total. The van der Waals surface area contributed by atoms with Gasteiger partial charge in [-0.2, -0.15) is 13.2 Å². The van der Waals surface area contributed by atoms with E-state index in [4.69, 9.17) is 0 Å². The lowest BCUT2D eigenvalue weighted by molar-refractivity contribution is -0.137. The standard InChI is InChI=1S/C18H16F5N3O2/c1-10-4-2-3-5-12(10)15(16(27)26-17(28)25-9-14(19)20)13-8-11(6-7-24-13)18(21,22)23/h2-8,14-15H,9H2,1H3,(H2,25,26,27,28).